The zero-order valence-electron chi connectivity index (χ0n) is 9.98. The number of rotatable bonds is 2. The molecular weight excluding hydrogens is 287 g/mol. The molecule has 0 aliphatic carbocycles. The van der Waals surface area contributed by atoms with Crippen molar-refractivity contribution < 1.29 is 13.2 Å². The summed E-state index contributed by atoms with van der Waals surface area (Å²) in [6, 6.07) is 6.29. The lowest BCUT2D eigenvalue weighted by Gasteiger charge is -2.08. The largest absolute Gasteiger partial charge is 0.375 e. The molecule has 0 spiro atoms. The van der Waals surface area contributed by atoms with Gasteiger partial charge in [-0.15, -0.1) is 0 Å². The van der Waals surface area contributed by atoms with Gasteiger partial charge in [-0.3, -0.25) is 0 Å². The zero-order chi connectivity index (χ0) is 14.3. The molecule has 0 aliphatic rings. The summed E-state index contributed by atoms with van der Waals surface area (Å²) in [5.41, 5.74) is 6.26. The predicted molar refractivity (Wildman–Crippen MR) is 72.2 cm³/mol. The van der Waals surface area contributed by atoms with Gasteiger partial charge in [0.2, 0.25) is 0 Å². The molecule has 2 N–H and O–H groups in total. The fourth-order valence-electron chi connectivity index (χ4n) is 1.92. The first-order chi connectivity index (χ1) is 9.54. The maximum Gasteiger partial charge on any atom is 0.264 e. The quantitative estimate of drug-likeness (QED) is 0.777. The van der Waals surface area contributed by atoms with Crippen LogP contribution in [0.15, 0.2) is 30.3 Å². The van der Waals surface area contributed by atoms with Gasteiger partial charge in [0.15, 0.2) is 5.13 Å². The number of benzene rings is 1. The van der Waals surface area contributed by atoms with E-state index in [-0.39, 0.29) is 16.8 Å². The average Bonchev–Trinajstić information content (AvgIpc) is 2.77. The highest BCUT2D eigenvalue weighted by Gasteiger charge is 2.16. The van der Waals surface area contributed by atoms with Crippen LogP contribution >= 0.6 is 11.3 Å². The van der Waals surface area contributed by atoms with Crippen molar-refractivity contribution in [2.24, 2.45) is 0 Å². The van der Waals surface area contributed by atoms with Crippen molar-refractivity contribution in [1.82, 2.24) is 9.97 Å². The zero-order valence-corrected chi connectivity index (χ0v) is 10.8. The number of aromatic nitrogens is 2. The monoisotopic (exact) mass is 295 g/mol. The van der Waals surface area contributed by atoms with Gasteiger partial charge in [-0.2, -0.15) is 0 Å². The van der Waals surface area contributed by atoms with Crippen molar-refractivity contribution in [3.05, 3.63) is 41.7 Å². The van der Waals surface area contributed by atoms with Crippen molar-refractivity contribution in [1.29, 1.82) is 0 Å². The van der Waals surface area contributed by atoms with Crippen LogP contribution in [0.1, 0.15) is 12.0 Å². The van der Waals surface area contributed by atoms with E-state index in [9.17, 15) is 13.2 Å². The summed E-state index contributed by atoms with van der Waals surface area (Å²) in [4.78, 5) is 8.79. The molecule has 0 saturated carbocycles. The SMILES string of the molecule is Nc1nc2ccc(-c3cc(F)ccc3C(F)F)nc2s1. The Labute approximate surface area is 115 Å². The normalized spacial score (nSPS) is 11.4. The maximum absolute atomic E-state index is 13.3. The number of alkyl halides is 2. The second kappa shape index (κ2) is 4.75. The van der Waals surface area contributed by atoms with E-state index in [1.165, 1.54) is 6.07 Å². The first-order valence-corrected chi connectivity index (χ1v) is 6.47. The second-order valence-electron chi connectivity index (χ2n) is 4.11. The molecule has 0 aliphatic heterocycles. The van der Waals surface area contributed by atoms with E-state index < -0.39 is 12.2 Å². The Hall–Kier alpha value is -2.15. The van der Waals surface area contributed by atoms with Crippen molar-refractivity contribution in [2.75, 3.05) is 5.73 Å². The average molecular weight is 295 g/mol. The lowest BCUT2D eigenvalue weighted by atomic mass is 10.0. The molecule has 3 rings (SSSR count). The Morgan fingerprint density at radius 1 is 1.10 bits per heavy atom. The standard InChI is InChI=1S/C13H8F3N3S/c14-6-1-2-7(11(15)16)8(5-6)9-3-4-10-12(18-9)20-13(17)19-10/h1-5,11H,(H2,17,19). The third kappa shape index (κ3) is 2.20. The van der Waals surface area contributed by atoms with Crippen LogP contribution in [0, 0.1) is 5.82 Å². The number of nitrogens with zero attached hydrogens (tertiary/aromatic N) is 2. The van der Waals surface area contributed by atoms with Crippen molar-refractivity contribution >= 4 is 26.8 Å². The van der Waals surface area contributed by atoms with Crippen LogP contribution in [0.25, 0.3) is 21.6 Å². The van der Waals surface area contributed by atoms with Gasteiger partial charge >= 0.3 is 0 Å². The van der Waals surface area contributed by atoms with Crippen molar-refractivity contribution in [3.63, 3.8) is 0 Å². The molecule has 1 aromatic carbocycles. The van der Waals surface area contributed by atoms with Gasteiger partial charge < -0.3 is 5.73 Å². The molecule has 3 nitrogen and oxygen atoms in total. The van der Waals surface area contributed by atoms with Crippen LogP contribution in [0.4, 0.5) is 18.3 Å². The maximum atomic E-state index is 13.3. The Morgan fingerprint density at radius 2 is 1.90 bits per heavy atom. The highest BCUT2D eigenvalue weighted by molar-refractivity contribution is 7.21. The molecule has 2 heterocycles. The minimum atomic E-state index is -2.70. The number of nitrogen functional groups attached to an aromatic ring is 1. The fourth-order valence-corrected chi connectivity index (χ4v) is 2.63. The predicted octanol–water partition coefficient (Wildman–Crippen LogP) is 4.02. The topological polar surface area (TPSA) is 51.8 Å². The first kappa shape index (κ1) is 12.9. The number of fused-ring (bicyclic) bond motifs is 1. The molecule has 2 aromatic heterocycles. The molecular formula is C13H8F3N3S. The third-order valence-electron chi connectivity index (χ3n) is 2.80. The number of anilines is 1. The summed E-state index contributed by atoms with van der Waals surface area (Å²) in [6.45, 7) is 0. The van der Waals surface area contributed by atoms with E-state index in [2.05, 4.69) is 9.97 Å². The smallest absolute Gasteiger partial charge is 0.264 e. The molecule has 0 bridgehead atoms. The van der Waals surface area contributed by atoms with Gasteiger partial charge in [0.05, 0.1) is 5.69 Å². The Bertz CT molecular complexity index is 786. The summed E-state index contributed by atoms with van der Waals surface area (Å²) < 4.78 is 39.3. The van der Waals surface area contributed by atoms with E-state index in [0.717, 1.165) is 29.5 Å². The van der Waals surface area contributed by atoms with E-state index in [0.29, 0.717) is 15.5 Å². The van der Waals surface area contributed by atoms with Crippen LogP contribution in [0.5, 0.6) is 0 Å². The molecule has 0 radical (unpaired) electrons. The minimum Gasteiger partial charge on any atom is -0.375 e. The summed E-state index contributed by atoms with van der Waals surface area (Å²) in [5.74, 6) is -0.588. The number of pyridine rings is 1. The highest BCUT2D eigenvalue weighted by atomic mass is 32.1. The molecule has 7 heteroatoms. The van der Waals surface area contributed by atoms with Crippen LogP contribution in [0.3, 0.4) is 0 Å². The van der Waals surface area contributed by atoms with E-state index in [1.807, 2.05) is 0 Å². The lowest BCUT2D eigenvalue weighted by molar-refractivity contribution is 0.152. The lowest BCUT2D eigenvalue weighted by Crippen LogP contribution is -1.93. The molecule has 0 amide bonds. The fraction of sp³-hybridized carbons (Fsp3) is 0.0769. The summed E-state index contributed by atoms with van der Waals surface area (Å²) in [5, 5.41) is 0.345. The Morgan fingerprint density at radius 3 is 2.65 bits per heavy atom. The van der Waals surface area contributed by atoms with Crippen molar-refractivity contribution in [2.45, 2.75) is 6.43 Å². The molecule has 0 unspecified atom stereocenters. The number of hydrogen-bond donors (Lipinski definition) is 1. The van der Waals surface area contributed by atoms with Gasteiger partial charge in [-0.05, 0) is 30.3 Å². The van der Waals surface area contributed by atoms with E-state index in [4.69, 9.17) is 5.73 Å². The Kier molecular flexibility index (Phi) is 3.06. The molecule has 0 saturated heterocycles. The number of hydrogen-bond acceptors (Lipinski definition) is 4. The van der Waals surface area contributed by atoms with Crippen LogP contribution in [-0.2, 0) is 0 Å². The van der Waals surface area contributed by atoms with Gasteiger partial charge in [-0.1, -0.05) is 11.3 Å². The van der Waals surface area contributed by atoms with Crippen molar-refractivity contribution in [3.8, 4) is 11.3 Å². The first-order valence-electron chi connectivity index (χ1n) is 5.65. The molecule has 20 heavy (non-hydrogen) atoms. The number of nitrogens with two attached hydrogens (primary N) is 1. The van der Waals surface area contributed by atoms with Crippen LogP contribution < -0.4 is 5.73 Å². The Balaban J connectivity index is 2.21. The van der Waals surface area contributed by atoms with Gasteiger partial charge in [0.25, 0.3) is 6.43 Å². The van der Waals surface area contributed by atoms with Crippen LogP contribution in [0.2, 0.25) is 0 Å². The van der Waals surface area contributed by atoms with Gasteiger partial charge in [0, 0.05) is 11.1 Å². The second-order valence-corrected chi connectivity index (χ2v) is 5.11. The molecule has 102 valence electrons. The molecule has 0 atom stereocenters. The summed E-state index contributed by atoms with van der Waals surface area (Å²) >= 11 is 1.15. The van der Waals surface area contributed by atoms with Crippen LogP contribution in [-0.4, -0.2) is 9.97 Å². The third-order valence-corrected chi connectivity index (χ3v) is 3.59. The van der Waals surface area contributed by atoms with Gasteiger partial charge in [-0.25, -0.2) is 23.1 Å². The summed E-state index contributed by atoms with van der Waals surface area (Å²) in [6.07, 6.45) is -2.70. The van der Waals surface area contributed by atoms with E-state index >= 15 is 0 Å². The molecule has 3 aromatic rings. The minimum absolute atomic E-state index is 0.0777. The summed E-state index contributed by atoms with van der Waals surface area (Å²) in [7, 11) is 0. The van der Waals surface area contributed by atoms with Gasteiger partial charge in [0.1, 0.15) is 16.2 Å². The number of thiazole rings is 1. The van der Waals surface area contributed by atoms with E-state index in [1.54, 1.807) is 6.07 Å². The highest BCUT2D eigenvalue weighted by Crippen LogP contribution is 2.32. The number of halogens is 3. The molecule has 0 fully saturated rings.